The van der Waals surface area contributed by atoms with Crippen molar-refractivity contribution in [2.24, 2.45) is 5.92 Å². The van der Waals surface area contributed by atoms with E-state index in [1.807, 2.05) is 13.0 Å². The van der Waals surface area contributed by atoms with Crippen LogP contribution in [-0.4, -0.2) is 50.8 Å². The smallest absolute Gasteiger partial charge is 0.286 e. The number of hydrogen-bond acceptors (Lipinski definition) is 5. The Hall–Kier alpha value is -2.67. The summed E-state index contributed by atoms with van der Waals surface area (Å²) in [6.07, 6.45) is 3.63. The number of ether oxygens (including phenoxy) is 3. The minimum Gasteiger partial charge on any atom is -0.459 e. The molecular weight excluding hydrogens is 418 g/mol. The highest BCUT2D eigenvalue weighted by Gasteiger charge is 2.39. The molecule has 0 saturated carbocycles. The number of aliphatic hydroxyl groups excluding tert-OH is 1. The van der Waals surface area contributed by atoms with Crippen LogP contribution in [0.2, 0.25) is 0 Å². The monoisotopic (exact) mass is 451 g/mol. The number of amides is 1. The molecular formula is C27H33NO5. The summed E-state index contributed by atoms with van der Waals surface area (Å²) in [6, 6.07) is 14.9. The van der Waals surface area contributed by atoms with Crippen LogP contribution in [0.3, 0.4) is 0 Å². The van der Waals surface area contributed by atoms with E-state index in [1.165, 1.54) is 27.8 Å². The molecule has 2 aromatic carbocycles. The summed E-state index contributed by atoms with van der Waals surface area (Å²) >= 11 is 0. The number of carbonyl (C=O) groups is 1. The molecule has 1 aliphatic carbocycles. The fourth-order valence-corrected chi connectivity index (χ4v) is 4.97. The Morgan fingerprint density at radius 3 is 2.79 bits per heavy atom. The molecule has 33 heavy (non-hydrogen) atoms. The molecule has 0 bridgehead atoms. The molecule has 4 rings (SSSR count). The molecule has 6 nitrogen and oxygen atoms in total. The summed E-state index contributed by atoms with van der Waals surface area (Å²) in [5, 5.41) is 12.4. The summed E-state index contributed by atoms with van der Waals surface area (Å²) in [5.41, 5.74) is 6.34. The number of allylic oxidation sites excluding steroid dienone is 1. The van der Waals surface area contributed by atoms with E-state index >= 15 is 0 Å². The first-order chi connectivity index (χ1) is 16.2. The number of benzene rings is 2. The Bertz CT molecular complexity index is 1000. The predicted molar refractivity (Wildman–Crippen MR) is 127 cm³/mol. The maximum atomic E-state index is 12.9. The highest BCUT2D eigenvalue weighted by Crippen LogP contribution is 2.45. The van der Waals surface area contributed by atoms with Gasteiger partial charge < -0.3 is 24.6 Å². The Kier molecular flexibility index (Phi) is 7.81. The SMILES string of the molecule is CCO[C@H]1OC(C(=O)NCCOC)=C[C@@H](c2cccc3c2Cc2ccccc2-3)[C@@H]1CCCO. The topological polar surface area (TPSA) is 77.0 Å². The van der Waals surface area contributed by atoms with Gasteiger partial charge in [0.15, 0.2) is 5.76 Å². The molecule has 0 spiro atoms. The number of methoxy groups -OCH3 is 1. The van der Waals surface area contributed by atoms with Crippen molar-refractivity contribution >= 4 is 5.91 Å². The summed E-state index contributed by atoms with van der Waals surface area (Å²) in [4.78, 5) is 12.9. The quantitative estimate of drug-likeness (QED) is 0.459. The van der Waals surface area contributed by atoms with E-state index in [0.717, 1.165) is 12.8 Å². The van der Waals surface area contributed by atoms with Gasteiger partial charge >= 0.3 is 0 Å². The molecule has 1 amide bonds. The second-order valence-corrected chi connectivity index (χ2v) is 8.48. The highest BCUT2D eigenvalue weighted by molar-refractivity contribution is 5.91. The third-order valence-corrected chi connectivity index (χ3v) is 6.47. The zero-order valence-corrected chi connectivity index (χ0v) is 19.4. The maximum absolute atomic E-state index is 12.9. The van der Waals surface area contributed by atoms with Gasteiger partial charge in [0.25, 0.3) is 5.91 Å². The molecule has 0 saturated heterocycles. The van der Waals surface area contributed by atoms with Gasteiger partial charge in [-0.1, -0.05) is 42.5 Å². The molecule has 176 valence electrons. The maximum Gasteiger partial charge on any atom is 0.286 e. The summed E-state index contributed by atoms with van der Waals surface area (Å²) in [7, 11) is 1.60. The standard InChI is InChI=1S/C27H33NO5/c1-3-32-27-22(12-7-14-29)24(17-25(33-27)26(30)28-13-15-31-2)21-11-6-10-20-19-9-5-4-8-18(19)16-23(20)21/h4-6,8-11,17,22,24,27,29H,3,7,12-16H2,1-2H3,(H,28,30)/t22-,24-,27-/m0/s1. The van der Waals surface area contributed by atoms with Gasteiger partial charge in [0, 0.05) is 38.7 Å². The van der Waals surface area contributed by atoms with Crippen LogP contribution in [0.15, 0.2) is 54.3 Å². The van der Waals surface area contributed by atoms with Crippen molar-refractivity contribution in [3.05, 3.63) is 71.0 Å². The lowest BCUT2D eigenvalue weighted by Gasteiger charge is -2.37. The molecule has 6 heteroatoms. The van der Waals surface area contributed by atoms with Crippen LogP contribution >= 0.6 is 0 Å². The zero-order chi connectivity index (χ0) is 23.2. The highest BCUT2D eigenvalue weighted by atomic mass is 16.7. The molecule has 0 radical (unpaired) electrons. The number of nitrogens with one attached hydrogen (secondary N) is 1. The predicted octanol–water partition coefficient (Wildman–Crippen LogP) is 3.77. The molecule has 0 unspecified atom stereocenters. The number of aliphatic hydroxyl groups is 1. The lowest BCUT2D eigenvalue weighted by Crippen LogP contribution is -2.39. The van der Waals surface area contributed by atoms with Crippen molar-refractivity contribution < 1.29 is 24.1 Å². The van der Waals surface area contributed by atoms with E-state index in [0.29, 0.717) is 26.2 Å². The van der Waals surface area contributed by atoms with Crippen molar-refractivity contribution in [3.8, 4) is 11.1 Å². The van der Waals surface area contributed by atoms with Gasteiger partial charge in [0.1, 0.15) is 0 Å². The third-order valence-electron chi connectivity index (χ3n) is 6.47. The van der Waals surface area contributed by atoms with Crippen LogP contribution in [0.5, 0.6) is 0 Å². The molecule has 2 N–H and O–H groups in total. The zero-order valence-electron chi connectivity index (χ0n) is 19.4. The summed E-state index contributed by atoms with van der Waals surface area (Å²) in [5.74, 6) is -0.0572. The van der Waals surface area contributed by atoms with E-state index in [4.69, 9.17) is 14.2 Å². The van der Waals surface area contributed by atoms with Crippen LogP contribution in [0.1, 0.15) is 42.4 Å². The van der Waals surface area contributed by atoms with Crippen LogP contribution in [-0.2, 0) is 25.4 Å². The molecule has 1 heterocycles. The summed E-state index contributed by atoms with van der Waals surface area (Å²) < 4.78 is 17.1. The minimum atomic E-state index is -0.556. The fraction of sp³-hybridized carbons (Fsp3) is 0.444. The Labute approximate surface area is 195 Å². The summed E-state index contributed by atoms with van der Waals surface area (Å²) in [6.45, 7) is 3.35. The first-order valence-electron chi connectivity index (χ1n) is 11.8. The minimum absolute atomic E-state index is 0.0113. The first-order valence-corrected chi connectivity index (χ1v) is 11.8. The van der Waals surface area contributed by atoms with E-state index in [1.54, 1.807) is 7.11 Å². The number of hydrogen-bond donors (Lipinski definition) is 2. The second kappa shape index (κ2) is 11.0. The number of carbonyl (C=O) groups excluding carboxylic acids is 1. The van der Waals surface area contributed by atoms with Gasteiger partial charge in [0.05, 0.1) is 6.61 Å². The van der Waals surface area contributed by atoms with Gasteiger partial charge in [-0.25, -0.2) is 0 Å². The average Bonchev–Trinajstić information content (AvgIpc) is 3.22. The molecule has 3 atom stereocenters. The third kappa shape index (κ3) is 4.98. The van der Waals surface area contributed by atoms with Crippen molar-refractivity contribution in [3.63, 3.8) is 0 Å². The number of fused-ring (bicyclic) bond motifs is 3. The van der Waals surface area contributed by atoms with E-state index in [-0.39, 0.29) is 30.1 Å². The second-order valence-electron chi connectivity index (χ2n) is 8.48. The molecule has 1 aliphatic heterocycles. The van der Waals surface area contributed by atoms with Crippen molar-refractivity contribution in [1.29, 1.82) is 0 Å². The van der Waals surface area contributed by atoms with Crippen molar-refractivity contribution in [2.75, 3.05) is 33.5 Å². The normalized spacial score (nSPS) is 21.1. The van der Waals surface area contributed by atoms with Crippen LogP contribution < -0.4 is 5.32 Å². The van der Waals surface area contributed by atoms with E-state index in [2.05, 4.69) is 47.8 Å². The molecule has 2 aliphatic rings. The van der Waals surface area contributed by atoms with Crippen LogP contribution in [0.25, 0.3) is 11.1 Å². The van der Waals surface area contributed by atoms with Gasteiger partial charge in [-0.15, -0.1) is 0 Å². The van der Waals surface area contributed by atoms with Crippen molar-refractivity contribution in [2.45, 2.75) is 38.4 Å². The van der Waals surface area contributed by atoms with Gasteiger partial charge in [-0.05, 0) is 60.1 Å². The van der Waals surface area contributed by atoms with Crippen LogP contribution in [0, 0.1) is 5.92 Å². The van der Waals surface area contributed by atoms with Gasteiger partial charge in [0.2, 0.25) is 6.29 Å². The van der Waals surface area contributed by atoms with E-state index < -0.39 is 6.29 Å². The van der Waals surface area contributed by atoms with Gasteiger partial charge in [-0.3, -0.25) is 4.79 Å². The largest absolute Gasteiger partial charge is 0.459 e. The van der Waals surface area contributed by atoms with Gasteiger partial charge in [-0.2, -0.15) is 0 Å². The average molecular weight is 452 g/mol. The number of rotatable bonds is 10. The lowest BCUT2D eigenvalue weighted by atomic mass is 9.78. The molecule has 0 fully saturated rings. The Morgan fingerprint density at radius 1 is 1.18 bits per heavy atom. The Balaban J connectivity index is 1.74. The molecule has 0 aromatic heterocycles. The molecule has 2 aromatic rings. The van der Waals surface area contributed by atoms with Crippen molar-refractivity contribution in [1.82, 2.24) is 5.32 Å². The fourth-order valence-electron chi connectivity index (χ4n) is 4.97. The van der Waals surface area contributed by atoms with Crippen LogP contribution in [0.4, 0.5) is 0 Å². The first kappa shape index (κ1) is 23.5. The van der Waals surface area contributed by atoms with E-state index in [9.17, 15) is 9.90 Å². The Morgan fingerprint density at radius 2 is 2.00 bits per heavy atom. The lowest BCUT2D eigenvalue weighted by molar-refractivity contribution is -0.166.